The fourth-order valence-electron chi connectivity index (χ4n) is 1.77. The molecule has 0 heterocycles. The molecule has 0 unspecified atom stereocenters. The smallest absolute Gasteiger partial charge is 0.255 e. The molecule has 0 aliphatic carbocycles. The van der Waals surface area contributed by atoms with Crippen LogP contribution < -0.4 is 11.1 Å². The SMILES string of the molecule is N#Cc1cccc(CNC(=O)c2cccc(N)c2O)c1. The molecule has 0 aliphatic heterocycles. The zero-order valence-corrected chi connectivity index (χ0v) is 10.6. The number of phenols is 1. The van der Waals surface area contributed by atoms with Crippen molar-refractivity contribution < 1.29 is 9.90 Å². The summed E-state index contributed by atoms with van der Waals surface area (Å²) in [6, 6.07) is 13.6. The highest BCUT2D eigenvalue weighted by Gasteiger charge is 2.12. The number of nitrogens with two attached hydrogens (primary N) is 1. The number of amides is 1. The summed E-state index contributed by atoms with van der Waals surface area (Å²) in [7, 11) is 0. The Labute approximate surface area is 116 Å². The lowest BCUT2D eigenvalue weighted by molar-refractivity contribution is 0.0948. The molecule has 2 aromatic rings. The summed E-state index contributed by atoms with van der Waals surface area (Å²) in [6.45, 7) is 0.266. The van der Waals surface area contributed by atoms with Crippen molar-refractivity contribution in [3.05, 3.63) is 59.2 Å². The van der Waals surface area contributed by atoms with Gasteiger partial charge in [0.2, 0.25) is 0 Å². The van der Waals surface area contributed by atoms with Crippen LogP contribution in [0.25, 0.3) is 0 Å². The van der Waals surface area contributed by atoms with Crippen molar-refractivity contribution in [2.45, 2.75) is 6.54 Å². The van der Waals surface area contributed by atoms with Gasteiger partial charge < -0.3 is 16.2 Å². The van der Waals surface area contributed by atoms with E-state index in [4.69, 9.17) is 11.0 Å². The van der Waals surface area contributed by atoms with E-state index in [1.807, 2.05) is 6.07 Å². The molecule has 2 rings (SSSR count). The number of nitrogens with one attached hydrogen (secondary N) is 1. The van der Waals surface area contributed by atoms with Gasteiger partial charge >= 0.3 is 0 Å². The molecule has 20 heavy (non-hydrogen) atoms. The Morgan fingerprint density at radius 2 is 2.05 bits per heavy atom. The van der Waals surface area contributed by atoms with Crippen molar-refractivity contribution in [1.82, 2.24) is 5.32 Å². The van der Waals surface area contributed by atoms with Gasteiger partial charge in [-0.15, -0.1) is 0 Å². The number of carbonyl (C=O) groups is 1. The molecule has 4 N–H and O–H groups in total. The Balaban J connectivity index is 2.09. The Morgan fingerprint density at radius 1 is 1.30 bits per heavy atom. The van der Waals surface area contributed by atoms with Gasteiger partial charge in [-0.25, -0.2) is 0 Å². The molecule has 5 heteroatoms. The number of phenolic OH excluding ortho intramolecular Hbond substituents is 1. The highest BCUT2D eigenvalue weighted by molar-refractivity contribution is 5.98. The van der Waals surface area contributed by atoms with Crippen LogP contribution in [0.2, 0.25) is 0 Å². The lowest BCUT2D eigenvalue weighted by atomic mass is 10.1. The van der Waals surface area contributed by atoms with Crippen molar-refractivity contribution in [3.63, 3.8) is 0 Å². The molecule has 0 fully saturated rings. The van der Waals surface area contributed by atoms with Gasteiger partial charge in [-0.2, -0.15) is 5.26 Å². The van der Waals surface area contributed by atoms with E-state index in [0.29, 0.717) is 5.56 Å². The van der Waals surface area contributed by atoms with E-state index in [1.54, 1.807) is 30.3 Å². The average molecular weight is 267 g/mol. The maximum atomic E-state index is 12.0. The number of nitriles is 1. The van der Waals surface area contributed by atoms with E-state index in [1.165, 1.54) is 12.1 Å². The summed E-state index contributed by atoms with van der Waals surface area (Å²) in [5, 5.41) is 21.2. The monoisotopic (exact) mass is 267 g/mol. The maximum Gasteiger partial charge on any atom is 0.255 e. The number of para-hydroxylation sites is 1. The van der Waals surface area contributed by atoms with Gasteiger partial charge in [0.15, 0.2) is 5.75 Å². The fraction of sp³-hybridized carbons (Fsp3) is 0.0667. The van der Waals surface area contributed by atoms with Crippen molar-refractivity contribution in [2.75, 3.05) is 5.73 Å². The van der Waals surface area contributed by atoms with Crippen LogP contribution in [-0.2, 0) is 6.54 Å². The topological polar surface area (TPSA) is 99.1 Å². The first-order valence-corrected chi connectivity index (χ1v) is 5.96. The molecule has 5 nitrogen and oxygen atoms in total. The van der Waals surface area contributed by atoms with Crippen molar-refractivity contribution in [3.8, 4) is 11.8 Å². The van der Waals surface area contributed by atoms with Crippen LogP contribution >= 0.6 is 0 Å². The Bertz CT molecular complexity index is 690. The van der Waals surface area contributed by atoms with Gasteiger partial charge in [-0.3, -0.25) is 4.79 Å². The fourth-order valence-corrected chi connectivity index (χ4v) is 1.77. The second kappa shape index (κ2) is 5.76. The second-order valence-electron chi connectivity index (χ2n) is 4.24. The largest absolute Gasteiger partial charge is 0.505 e. The Kier molecular flexibility index (Phi) is 3.87. The lowest BCUT2D eigenvalue weighted by Crippen LogP contribution is -2.23. The summed E-state index contributed by atoms with van der Waals surface area (Å²) in [6.07, 6.45) is 0. The van der Waals surface area contributed by atoms with Gasteiger partial charge in [-0.1, -0.05) is 18.2 Å². The van der Waals surface area contributed by atoms with Crippen LogP contribution in [0.4, 0.5) is 5.69 Å². The minimum absolute atomic E-state index is 0.126. The van der Waals surface area contributed by atoms with Crippen LogP contribution in [0.5, 0.6) is 5.75 Å². The number of nitrogen functional groups attached to an aromatic ring is 1. The third-order valence-corrected chi connectivity index (χ3v) is 2.82. The number of hydrogen-bond donors (Lipinski definition) is 3. The van der Waals surface area contributed by atoms with E-state index in [2.05, 4.69) is 5.32 Å². The molecule has 100 valence electrons. The van der Waals surface area contributed by atoms with E-state index >= 15 is 0 Å². The quantitative estimate of drug-likeness (QED) is 0.583. The standard InChI is InChI=1S/C15H13N3O2/c16-8-10-3-1-4-11(7-10)9-18-15(20)12-5-2-6-13(17)14(12)19/h1-7,19H,9,17H2,(H,18,20). The predicted molar refractivity (Wildman–Crippen MR) is 74.8 cm³/mol. The number of hydrogen-bond acceptors (Lipinski definition) is 4. The number of rotatable bonds is 3. The molecular weight excluding hydrogens is 254 g/mol. The highest BCUT2D eigenvalue weighted by Crippen LogP contribution is 2.24. The van der Waals surface area contributed by atoms with Crippen LogP contribution in [0.15, 0.2) is 42.5 Å². The van der Waals surface area contributed by atoms with E-state index < -0.39 is 5.91 Å². The number of benzene rings is 2. The summed E-state index contributed by atoms with van der Waals surface area (Å²) in [5.74, 6) is -0.645. The van der Waals surface area contributed by atoms with Crippen LogP contribution in [0, 0.1) is 11.3 Å². The third kappa shape index (κ3) is 2.87. The van der Waals surface area contributed by atoms with Gasteiger partial charge in [0, 0.05) is 6.54 Å². The Hall–Kier alpha value is -3.00. The number of nitrogens with zero attached hydrogens (tertiary/aromatic N) is 1. The minimum atomic E-state index is -0.419. The first-order chi connectivity index (χ1) is 9.61. The molecule has 0 bridgehead atoms. The van der Waals surface area contributed by atoms with Gasteiger partial charge in [0.25, 0.3) is 5.91 Å². The van der Waals surface area contributed by atoms with E-state index in [0.717, 1.165) is 5.56 Å². The minimum Gasteiger partial charge on any atom is -0.505 e. The molecule has 0 saturated carbocycles. The molecule has 0 atom stereocenters. The number of anilines is 1. The Morgan fingerprint density at radius 3 is 2.80 bits per heavy atom. The average Bonchev–Trinajstić information content (AvgIpc) is 2.48. The molecule has 0 radical (unpaired) electrons. The van der Waals surface area contributed by atoms with Crippen LogP contribution in [0.3, 0.4) is 0 Å². The molecular formula is C15H13N3O2. The maximum absolute atomic E-state index is 12.0. The normalized spacial score (nSPS) is 9.75. The number of carbonyl (C=O) groups excluding carboxylic acids is 1. The molecule has 0 aromatic heterocycles. The molecule has 0 spiro atoms. The van der Waals surface area contributed by atoms with Gasteiger partial charge in [0.05, 0.1) is 22.9 Å². The van der Waals surface area contributed by atoms with E-state index in [9.17, 15) is 9.90 Å². The molecule has 1 amide bonds. The first kappa shape index (κ1) is 13.4. The first-order valence-electron chi connectivity index (χ1n) is 5.96. The van der Waals surface area contributed by atoms with Crippen LogP contribution in [0.1, 0.15) is 21.5 Å². The lowest BCUT2D eigenvalue weighted by Gasteiger charge is -2.08. The summed E-state index contributed by atoms with van der Waals surface area (Å²) >= 11 is 0. The molecule has 0 aliphatic rings. The van der Waals surface area contributed by atoms with Gasteiger partial charge in [0.1, 0.15) is 0 Å². The van der Waals surface area contributed by atoms with Gasteiger partial charge in [-0.05, 0) is 29.8 Å². The third-order valence-electron chi connectivity index (χ3n) is 2.82. The molecule has 0 saturated heterocycles. The zero-order valence-electron chi connectivity index (χ0n) is 10.6. The van der Waals surface area contributed by atoms with Crippen molar-refractivity contribution >= 4 is 11.6 Å². The number of aromatic hydroxyl groups is 1. The second-order valence-corrected chi connectivity index (χ2v) is 4.24. The summed E-state index contributed by atoms with van der Waals surface area (Å²) in [4.78, 5) is 12.0. The molecule has 2 aromatic carbocycles. The summed E-state index contributed by atoms with van der Waals surface area (Å²) in [5.41, 5.74) is 7.16. The predicted octanol–water partition coefficient (Wildman–Crippen LogP) is 1.78. The zero-order chi connectivity index (χ0) is 14.5. The van der Waals surface area contributed by atoms with Crippen molar-refractivity contribution in [1.29, 1.82) is 5.26 Å². The van der Waals surface area contributed by atoms with Crippen molar-refractivity contribution in [2.24, 2.45) is 0 Å². The van der Waals surface area contributed by atoms with E-state index in [-0.39, 0.29) is 23.5 Å². The van der Waals surface area contributed by atoms with Crippen LogP contribution in [-0.4, -0.2) is 11.0 Å². The summed E-state index contributed by atoms with van der Waals surface area (Å²) < 4.78 is 0. The highest BCUT2D eigenvalue weighted by atomic mass is 16.3.